The van der Waals surface area contributed by atoms with Crippen LogP contribution in [0.25, 0.3) is 0 Å². The normalized spacial score (nSPS) is 31.8. The molecule has 24 heavy (non-hydrogen) atoms. The Morgan fingerprint density at radius 2 is 1.42 bits per heavy atom. The van der Waals surface area contributed by atoms with Crippen molar-refractivity contribution in [3.05, 3.63) is 12.2 Å². The second-order valence-electron chi connectivity index (χ2n) is 10.0. The number of ketones is 2. The molecule has 0 spiro atoms. The molecule has 0 aliphatic heterocycles. The first kappa shape index (κ1) is 21.1. The highest BCUT2D eigenvalue weighted by Crippen LogP contribution is 2.41. The van der Waals surface area contributed by atoms with Gasteiger partial charge in [0.1, 0.15) is 11.6 Å². The zero-order valence-corrected chi connectivity index (χ0v) is 17.0. The van der Waals surface area contributed by atoms with Gasteiger partial charge >= 0.3 is 0 Å². The topological polar surface area (TPSA) is 34.1 Å². The molecule has 0 aromatic carbocycles. The third kappa shape index (κ3) is 6.18. The van der Waals surface area contributed by atoms with Crippen molar-refractivity contribution in [2.75, 3.05) is 0 Å². The molecule has 0 N–H and O–H groups in total. The van der Waals surface area contributed by atoms with E-state index in [1.807, 2.05) is 0 Å². The highest BCUT2D eigenvalue weighted by Gasteiger charge is 2.41. The number of carbonyl (C=O) groups excluding carboxylic acids is 2. The molecule has 2 atom stereocenters. The Kier molecular flexibility index (Phi) is 7.02. The number of Topliss-reactive ketones (excluding diaryl/α,β-unsaturated/α-hetero) is 2. The molecule has 2 heteroatoms. The fourth-order valence-corrected chi connectivity index (χ4v) is 4.37. The molecule has 0 saturated heterocycles. The molecule has 1 aliphatic rings. The summed E-state index contributed by atoms with van der Waals surface area (Å²) in [4.78, 5) is 26.1. The summed E-state index contributed by atoms with van der Waals surface area (Å²) in [5.74, 6) is 0.758. The van der Waals surface area contributed by atoms with Gasteiger partial charge in [-0.1, -0.05) is 60.6 Å². The van der Waals surface area contributed by atoms with Crippen LogP contribution in [0.1, 0.15) is 93.4 Å². The number of hydrogen-bond donors (Lipinski definition) is 0. The van der Waals surface area contributed by atoms with Gasteiger partial charge in [-0.3, -0.25) is 9.59 Å². The van der Waals surface area contributed by atoms with Gasteiger partial charge < -0.3 is 0 Å². The van der Waals surface area contributed by atoms with E-state index in [2.05, 4.69) is 60.6 Å². The first-order valence-electron chi connectivity index (χ1n) is 9.60. The lowest BCUT2D eigenvalue weighted by molar-refractivity contribution is -0.138. The zero-order valence-electron chi connectivity index (χ0n) is 17.0. The van der Waals surface area contributed by atoms with E-state index in [0.29, 0.717) is 5.92 Å². The fraction of sp³-hybridized carbons (Fsp3) is 0.818. The van der Waals surface area contributed by atoms with Gasteiger partial charge in [-0.15, -0.1) is 0 Å². The number of allylic oxidation sites excluding steroid dienone is 2. The average molecular weight is 335 g/mol. The smallest absolute Gasteiger partial charge is 0.146 e. The van der Waals surface area contributed by atoms with Gasteiger partial charge in [0, 0.05) is 10.8 Å². The molecule has 1 aliphatic carbocycles. The number of hydrogen-bond acceptors (Lipinski definition) is 2. The summed E-state index contributed by atoms with van der Waals surface area (Å²) in [6.07, 6.45) is 9.77. The zero-order chi connectivity index (χ0) is 18.6. The molecule has 138 valence electrons. The maximum Gasteiger partial charge on any atom is 0.146 e. The molecule has 0 saturated carbocycles. The van der Waals surface area contributed by atoms with Crippen LogP contribution in [-0.4, -0.2) is 11.6 Å². The minimum atomic E-state index is -0.401. The Labute approximate surface area is 149 Å². The van der Waals surface area contributed by atoms with Crippen LogP contribution in [-0.2, 0) is 9.59 Å². The Balaban J connectivity index is 3.10. The highest BCUT2D eigenvalue weighted by molar-refractivity contribution is 6.03. The maximum atomic E-state index is 13.1. The number of carbonyl (C=O) groups is 2. The van der Waals surface area contributed by atoms with Crippen molar-refractivity contribution >= 4 is 11.6 Å². The van der Waals surface area contributed by atoms with E-state index in [1.54, 1.807) is 0 Å². The van der Waals surface area contributed by atoms with Crippen LogP contribution in [0.2, 0.25) is 0 Å². The first-order valence-corrected chi connectivity index (χ1v) is 9.60. The summed E-state index contributed by atoms with van der Waals surface area (Å²) in [7, 11) is 0. The average Bonchev–Trinajstić information content (AvgIpc) is 2.40. The molecule has 0 aromatic heterocycles. The lowest BCUT2D eigenvalue weighted by Crippen LogP contribution is -2.37. The molecular formula is C22H38O2. The van der Waals surface area contributed by atoms with E-state index in [-0.39, 0.29) is 28.8 Å². The minimum absolute atomic E-state index is 0.0819. The van der Waals surface area contributed by atoms with Crippen molar-refractivity contribution in [3.8, 4) is 0 Å². The molecule has 0 amide bonds. The van der Waals surface area contributed by atoms with Gasteiger partial charge in [-0.25, -0.2) is 0 Å². The van der Waals surface area contributed by atoms with Gasteiger partial charge in [-0.2, -0.15) is 0 Å². The summed E-state index contributed by atoms with van der Waals surface area (Å²) in [6, 6.07) is 0. The highest BCUT2D eigenvalue weighted by atomic mass is 16.2. The summed E-state index contributed by atoms with van der Waals surface area (Å²) in [5, 5.41) is 0. The SMILES string of the molecule is CC(C)CC1(C)CC/C=C\CCC(C)(CC(C)(C)C)C(=O)CC1=O. The van der Waals surface area contributed by atoms with Crippen molar-refractivity contribution in [2.45, 2.75) is 93.4 Å². The third-order valence-electron chi connectivity index (χ3n) is 5.34. The van der Waals surface area contributed by atoms with Gasteiger partial charge in [-0.05, 0) is 49.9 Å². The second-order valence-corrected chi connectivity index (χ2v) is 10.0. The van der Waals surface area contributed by atoms with Gasteiger partial charge in [0.25, 0.3) is 0 Å². The van der Waals surface area contributed by atoms with E-state index in [1.165, 1.54) is 0 Å². The van der Waals surface area contributed by atoms with E-state index in [4.69, 9.17) is 0 Å². The Hall–Kier alpha value is -0.920. The molecule has 0 heterocycles. The molecule has 2 nitrogen and oxygen atoms in total. The quantitative estimate of drug-likeness (QED) is 0.459. The lowest BCUT2D eigenvalue weighted by Gasteiger charge is -2.35. The van der Waals surface area contributed by atoms with Gasteiger partial charge in [0.05, 0.1) is 6.42 Å². The molecule has 0 fully saturated rings. The van der Waals surface area contributed by atoms with Crippen LogP contribution >= 0.6 is 0 Å². The Morgan fingerprint density at radius 3 is 1.88 bits per heavy atom. The summed E-state index contributed by atoms with van der Waals surface area (Å²) >= 11 is 0. The fourth-order valence-electron chi connectivity index (χ4n) is 4.37. The van der Waals surface area contributed by atoms with Crippen molar-refractivity contribution in [1.82, 2.24) is 0 Å². The molecule has 2 unspecified atom stereocenters. The molecule has 0 bridgehead atoms. The van der Waals surface area contributed by atoms with Crippen LogP contribution in [0.5, 0.6) is 0 Å². The first-order chi connectivity index (χ1) is 10.9. The predicted molar refractivity (Wildman–Crippen MR) is 102 cm³/mol. The minimum Gasteiger partial charge on any atom is -0.299 e. The van der Waals surface area contributed by atoms with Crippen LogP contribution < -0.4 is 0 Å². The van der Waals surface area contributed by atoms with E-state index in [9.17, 15) is 9.59 Å². The van der Waals surface area contributed by atoms with E-state index >= 15 is 0 Å². The van der Waals surface area contributed by atoms with Crippen LogP contribution in [0, 0.1) is 22.2 Å². The van der Waals surface area contributed by atoms with Crippen LogP contribution in [0.3, 0.4) is 0 Å². The largest absolute Gasteiger partial charge is 0.299 e. The van der Waals surface area contributed by atoms with Crippen molar-refractivity contribution in [2.24, 2.45) is 22.2 Å². The lowest BCUT2D eigenvalue weighted by atomic mass is 9.67. The van der Waals surface area contributed by atoms with Gasteiger partial charge in [0.15, 0.2) is 0 Å². The second kappa shape index (κ2) is 7.97. The van der Waals surface area contributed by atoms with Crippen molar-refractivity contribution in [3.63, 3.8) is 0 Å². The summed E-state index contributed by atoms with van der Waals surface area (Å²) in [6.45, 7) is 15.0. The molecule has 0 aromatic rings. The maximum absolute atomic E-state index is 13.1. The van der Waals surface area contributed by atoms with Gasteiger partial charge in [0.2, 0.25) is 0 Å². The molecular weight excluding hydrogens is 296 g/mol. The van der Waals surface area contributed by atoms with E-state index < -0.39 is 5.41 Å². The van der Waals surface area contributed by atoms with Crippen LogP contribution in [0.15, 0.2) is 12.2 Å². The Bertz CT molecular complexity index is 481. The summed E-state index contributed by atoms with van der Waals surface area (Å²) in [5.41, 5.74) is -0.693. The van der Waals surface area contributed by atoms with Crippen LogP contribution in [0.4, 0.5) is 0 Å². The standard InChI is InChI=1S/C22H38O2/c1-17(2)15-21(6)12-10-8-9-11-13-22(7,16-20(3,4)5)19(24)14-18(21)23/h8-9,17H,10-16H2,1-7H3/b9-8-. The molecule has 1 rings (SSSR count). The molecule has 0 radical (unpaired) electrons. The third-order valence-corrected chi connectivity index (χ3v) is 5.34. The number of rotatable bonds is 3. The Morgan fingerprint density at radius 1 is 0.958 bits per heavy atom. The van der Waals surface area contributed by atoms with Crippen molar-refractivity contribution in [1.29, 1.82) is 0 Å². The monoisotopic (exact) mass is 334 g/mol. The summed E-state index contributed by atoms with van der Waals surface area (Å²) < 4.78 is 0. The van der Waals surface area contributed by atoms with Crippen molar-refractivity contribution < 1.29 is 9.59 Å². The predicted octanol–water partition coefficient (Wildman–Crippen LogP) is 6.14. The van der Waals surface area contributed by atoms with E-state index in [0.717, 1.165) is 38.5 Å².